The van der Waals surface area contributed by atoms with Gasteiger partial charge in [0.2, 0.25) is 0 Å². The summed E-state index contributed by atoms with van der Waals surface area (Å²) in [4.78, 5) is 14.1. The third kappa shape index (κ3) is 2.99. The van der Waals surface area contributed by atoms with Crippen LogP contribution in [-0.2, 0) is 0 Å². The Balaban J connectivity index is 2.11. The van der Waals surface area contributed by atoms with Gasteiger partial charge < -0.3 is 10.6 Å². The molecule has 1 aliphatic heterocycles. The molecular weight excluding hydrogens is 236 g/mol. The lowest BCUT2D eigenvalue weighted by Gasteiger charge is -2.34. The molecule has 2 unspecified atom stereocenters. The third-order valence-corrected chi connectivity index (χ3v) is 3.32. The summed E-state index contributed by atoms with van der Waals surface area (Å²) in [5.41, 5.74) is 6.62. The summed E-state index contributed by atoms with van der Waals surface area (Å²) in [7, 11) is 0. The molecule has 0 radical (unpaired) electrons. The van der Waals surface area contributed by atoms with Crippen LogP contribution in [0.3, 0.4) is 0 Å². The number of piperidine rings is 1. The predicted molar refractivity (Wildman–Crippen MR) is 69.1 cm³/mol. The van der Waals surface area contributed by atoms with Crippen molar-refractivity contribution in [2.75, 3.05) is 13.1 Å². The maximum atomic E-state index is 12.2. The Morgan fingerprint density at radius 1 is 1.35 bits per heavy atom. The van der Waals surface area contributed by atoms with Crippen LogP contribution in [0.5, 0.6) is 0 Å². The highest BCUT2D eigenvalue weighted by Crippen LogP contribution is 2.18. The van der Waals surface area contributed by atoms with E-state index in [0.29, 0.717) is 23.0 Å². The van der Waals surface area contributed by atoms with Crippen LogP contribution in [0.15, 0.2) is 24.3 Å². The number of benzene rings is 1. The maximum absolute atomic E-state index is 12.2. The van der Waals surface area contributed by atoms with Crippen LogP contribution in [0.1, 0.15) is 23.7 Å². The number of nitrogens with zero attached hydrogens (tertiary/aromatic N) is 1. The van der Waals surface area contributed by atoms with Gasteiger partial charge in [0.05, 0.1) is 0 Å². The van der Waals surface area contributed by atoms with Crippen LogP contribution < -0.4 is 5.73 Å². The molecular formula is C13H17ClN2O. The van der Waals surface area contributed by atoms with E-state index in [9.17, 15) is 4.79 Å². The number of hydrogen-bond acceptors (Lipinski definition) is 2. The zero-order valence-electron chi connectivity index (χ0n) is 9.90. The summed E-state index contributed by atoms with van der Waals surface area (Å²) in [6.07, 6.45) is 0.990. The van der Waals surface area contributed by atoms with Gasteiger partial charge in [-0.05, 0) is 36.6 Å². The average Bonchev–Trinajstić information content (AvgIpc) is 2.28. The summed E-state index contributed by atoms with van der Waals surface area (Å²) < 4.78 is 0. The summed E-state index contributed by atoms with van der Waals surface area (Å²) in [6, 6.07) is 7.09. The Labute approximate surface area is 107 Å². The smallest absolute Gasteiger partial charge is 0.253 e. The first-order chi connectivity index (χ1) is 8.06. The topological polar surface area (TPSA) is 46.3 Å². The van der Waals surface area contributed by atoms with Crippen LogP contribution in [0, 0.1) is 5.92 Å². The molecule has 2 atom stereocenters. The van der Waals surface area contributed by atoms with Gasteiger partial charge in [0.25, 0.3) is 5.91 Å². The number of halogens is 1. The Bertz CT molecular complexity index is 394. The van der Waals surface area contributed by atoms with E-state index in [1.165, 1.54) is 0 Å². The average molecular weight is 253 g/mol. The molecule has 0 saturated carbocycles. The summed E-state index contributed by atoms with van der Waals surface area (Å²) in [5, 5.41) is 0.644. The number of amides is 1. The van der Waals surface area contributed by atoms with Gasteiger partial charge >= 0.3 is 0 Å². The first-order valence-electron chi connectivity index (χ1n) is 5.86. The van der Waals surface area contributed by atoms with Crippen molar-refractivity contribution >= 4 is 17.5 Å². The van der Waals surface area contributed by atoms with Crippen molar-refractivity contribution < 1.29 is 4.79 Å². The lowest BCUT2D eigenvalue weighted by atomic mass is 9.96. The molecule has 0 aliphatic carbocycles. The zero-order valence-corrected chi connectivity index (χ0v) is 10.7. The fourth-order valence-corrected chi connectivity index (χ4v) is 2.47. The number of nitrogens with two attached hydrogens (primary N) is 1. The second kappa shape index (κ2) is 5.07. The molecule has 2 rings (SSSR count). The normalized spacial score (nSPS) is 24.8. The molecule has 1 aliphatic rings. The largest absolute Gasteiger partial charge is 0.337 e. The van der Waals surface area contributed by atoms with E-state index in [1.54, 1.807) is 24.3 Å². The van der Waals surface area contributed by atoms with Crippen molar-refractivity contribution in [1.29, 1.82) is 0 Å². The van der Waals surface area contributed by atoms with Crippen LogP contribution >= 0.6 is 11.6 Å². The number of carbonyl (C=O) groups is 1. The molecule has 3 nitrogen and oxygen atoms in total. The van der Waals surface area contributed by atoms with Gasteiger partial charge in [-0.1, -0.05) is 18.5 Å². The van der Waals surface area contributed by atoms with Gasteiger partial charge in [-0.15, -0.1) is 0 Å². The van der Waals surface area contributed by atoms with Gasteiger partial charge in [-0.3, -0.25) is 4.79 Å². The van der Waals surface area contributed by atoms with E-state index in [4.69, 9.17) is 17.3 Å². The van der Waals surface area contributed by atoms with E-state index in [2.05, 4.69) is 6.92 Å². The van der Waals surface area contributed by atoms with E-state index in [-0.39, 0.29) is 11.9 Å². The highest BCUT2D eigenvalue weighted by atomic mass is 35.5. The molecule has 92 valence electrons. The van der Waals surface area contributed by atoms with Crippen molar-refractivity contribution in [2.24, 2.45) is 11.7 Å². The highest BCUT2D eigenvalue weighted by molar-refractivity contribution is 6.30. The van der Waals surface area contributed by atoms with E-state index < -0.39 is 0 Å². The number of rotatable bonds is 1. The lowest BCUT2D eigenvalue weighted by Crippen LogP contribution is -2.48. The van der Waals surface area contributed by atoms with E-state index in [1.807, 2.05) is 4.90 Å². The van der Waals surface area contributed by atoms with Gasteiger partial charge in [0.15, 0.2) is 0 Å². The Morgan fingerprint density at radius 3 is 2.59 bits per heavy atom. The minimum Gasteiger partial charge on any atom is -0.337 e. The van der Waals surface area contributed by atoms with Gasteiger partial charge in [0, 0.05) is 29.7 Å². The molecule has 1 fully saturated rings. The maximum Gasteiger partial charge on any atom is 0.253 e. The van der Waals surface area contributed by atoms with Crippen LogP contribution in [0.4, 0.5) is 0 Å². The van der Waals surface area contributed by atoms with Crippen LogP contribution in [0.25, 0.3) is 0 Å². The molecule has 17 heavy (non-hydrogen) atoms. The Kier molecular flexibility index (Phi) is 3.69. The standard InChI is InChI=1S/C13H17ClN2O/c1-9-6-12(15)8-16(7-9)13(17)10-2-4-11(14)5-3-10/h2-5,9,12H,6-8,15H2,1H3. The predicted octanol–water partition coefficient (Wildman–Crippen LogP) is 2.15. The first-order valence-corrected chi connectivity index (χ1v) is 6.24. The number of carbonyl (C=O) groups excluding carboxylic acids is 1. The fourth-order valence-electron chi connectivity index (χ4n) is 2.34. The molecule has 4 heteroatoms. The van der Waals surface area contributed by atoms with Gasteiger partial charge in [-0.25, -0.2) is 0 Å². The van der Waals surface area contributed by atoms with E-state index >= 15 is 0 Å². The molecule has 1 amide bonds. The number of hydrogen-bond donors (Lipinski definition) is 1. The molecule has 1 saturated heterocycles. The molecule has 2 N–H and O–H groups in total. The minimum absolute atomic E-state index is 0.0451. The highest BCUT2D eigenvalue weighted by Gasteiger charge is 2.26. The third-order valence-electron chi connectivity index (χ3n) is 3.07. The monoisotopic (exact) mass is 252 g/mol. The van der Waals surface area contributed by atoms with Gasteiger partial charge in [-0.2, -0.15) is 0 Å². The van der Waals surface area contributed by atoms with Crippen molar-refractivity contribution in [2.45, 2.75) is 19.4 Å². The molecule has 0 spiro atoms. The fraction of sp³-hybridized carbons (Fsp3) is 0.462. The van der Waals surface area contributed by atoms with Crippen molar-refractivity contribution in [3.63, 3.8) is 0 Å². The van der Waals surface area contributed by atoms with Crippen LogP contribution in [-0.4, -0.2) is 29.9 Å². The van der Waals surface area contributed by atoms with Crippen molar-refractivity contribution in [1.82, 2.24) is 4.90 Å². The molecule has 1 heterocycles. The van der Waals surface area contributed by atoms with Crippen molar-refractivity contribution in [3.05, 3.63) is 34.9 Å². The lowest BCUT2D eigenvalue weighted by molar-refractivity contribution is 0.0661. The molecule has 0 aromatic heterocycles. The van der Waals surface area contributed by atoms with Gasteiger partial charge in [0.1, 0.15) is 0 Å². The SMILES string of the molecule is CC1CC(N)CN(C(=O)c2ccc(Cl)cc2)C1. The van der Waals surface area contributed by atoms with E-state index in [0.717, 1.165) is 13.0 Å². The second-order valence-corrected chi connectivity index (χ2v) is 5.25. The molecule has 1 aromatic rings. The summed E-state index contributed by atoms with van der Waals surface area (Å²) >= 11 is 5.80. The Morgan fingerprint density at radius 2 is 2.00 bits per heavy atom. The molecule has 1 aromatic carbocycles. The second-order valence-electron chi connectivity index (χ2n) is 4.82. The summed E-state index contributed by atoms with van der Waals surface area (Å²) in [5.74, 6) is 0.513. The quantitative estimate of drug-likeness (QED) is 0.833. The van der Waals surface area contributed by atoms with Crippen molar-refractivity contribution in [3.8, 4) is 0 Å². The number of likely N-dealkylation sites (tertiary alicyclic amines) is 1. The summed E-state index contributed by atoms with van der Waals surface area (Å²) in [6.45, 7) is 3.56. The minimum atomic E-state index is 0.0451. The molecule has 0 bridgehead atoms. The Hall–Kier alpha value is -1.06. The van der Waals surface area contributed by atoms with Crippen LogP contribution in [0.2, 0.25) is 5.02 Å². The zero-order chi connectivity index (χ0) is 12.4. The first kappa shape index (κ1) is 12.4.